The van der Waals surface area contributed by atoms with Crippen LogP contribution in [0.4, 0.5) is 5.69 Å². The summed E-state index contributed by atoms with van der Waals surface area (Å²) >= 11 is 0. The molecule has 0 amide bonds. The quantitative estimate of drug-likeness (QED) is 0.149. The number of phenolic OH excluding ortho intramolecular Hbond substituents is 1. The molecule has 3 aromatic rings. The van der Waals surface area contributed by atoms with Gasteiger partial charge in [0.25, 0.3) is 5.69 Å². The third-order valence-corrected chi connectivity index (χ3v) is 9.70. The van der Waals surface area contributed by atoms with Crippen LogP contribution in [-0.2, 0) is 16.0 Å². The smallest absolute Gasteiger partial charge is 0.302 e. The van der Waals surface area contributed by atoms with E-state index >= 15 is 0 Å². The van der Waals surface area contributed by atoms with E-state index in [1.165, 1.54) is 25.1 Å². The zero-order chi connectivity index (χ0) is 28.9. The van der Waals surface area contributed by atoms with Crippen molar-refractivity contribution in [2.45, 2.75) is 64.4 Å². The fourth-order valence-corrected chi connectivity index (χ4v) is 7.78. The molecule has 41 heavy (non-hydrogen) atoms. The number of hydrogen-bond donors (Lipinski definition) is 1. The minimum absolute atomic E-state index is 0.0208. The van der Waals surface area contributed by atoms with Crippen LogP contribution in [0.3, 0.4) is 0 Å². The summed E-state index contributed by atoms with van der Waals surface area (Å²) in [5.74, 6) is 0.937. The molecule has 0 bridgehead atoms. The van der Waals surface area contributed by atoms with Crippen molar-refractivity contribution in [1.29, 1.82) is 0 Å². The number of esters is 1. The number of ketones is 1. The molecule has 0 spiro atoms. The van der Waals surface area contributed by atoms with Crippen molar-refractivity contribution in [3.63, 3.8) is 0 Å². The summed E-state index contributed by atoms with van der Waals surface area (Å²) in [5, 5.41) is 22.6. The topological polar surface area (TPSA) is 116 Å². The number of aromatic hydroxyl groups is 1. The standard InChI is InChI=1S/C33H33NO7/c1-19(35)40-31-13-11-27-24-10-8-21-16-30(28(36)18-25(21)23(24)14-15-33(27,31)2)41-29-12-9-22(34(38)39)17-26(29)32(37)20-6-4-3-5-7-20/h3-7,9,12,16-18,23-24,27,31,36H,8,10-11,13-15H2,1-2H3/t23-,24-,27-,31-,33-/m1/s1. The number of carbonyl (C=O) groups is 2. The molecule has 212 valence electrons. The van der Waals surface area contributed by atoms with Crippen molar-refractivity contribution in [2.24, 2.45) is 17.3 Å². The first-order valence-electron chi connectivity index (χ1n) is 14.2. The normalized spacial score (nSPS) is 26.3. The Kier molecular flexibility index (Phi) is 6.80. The average Bonchev–Trinajstić information content (AvgIpc) is 3.29. The number of benzene rings is 3. The van der Waals surface area contributed by atoms with E-state index in [4.69, 9.17) is 9.47 Å². The van der Waals surface area contributed by atoms with Crippen molar-refractivity contribution in [3.8, 4) is 17.2 Å². The van der Waals surface area contributed by atoms with E-state index in [2.05, 4.69) is 6.92 Å². The van der Waals surface area contributed by atoms with E-state index in [9.17, 15) is 24.8 Å². The molecule has 8 nitrogen and oxygen atoms in total. The highest BCUT2D eigenvalue weighted by atomic mass is 16.6. The number of aryl methyl sites for hydroxylation is 1. The minimum Gasteiger partial charge on any atom is -0.504 e. The van der Waals surface area contributed by atoms with Crippen molar-refractivity contribution < 1.29 is 29.1 Å². The van der Waals surface area contributed by atoms with Crippen molar-refractivity contribution in [3.05, 3.63) is 93.0 Å². The molecular weight excluding hydrogens is 522 g/mol. The van der Waals surface area contributed by atoms with Gasteiger partial charge in [-0.2, -0.15) is 0 Å². The van der Waals surface area contributed by atoms with Gasteiger partial charge in [-0.25, -0.2) is 0 Å². The maximum atomic E-state index is 13.3. The molecule has 0 unspecified atom stereocenters. The van der Waals surface area contributed by atoms with Crippen LogP contribution >= 0.6 is 0 Å². The van der Waals surface area contributed by atoms with Gasteiger partial charge < -0.3 is 14.6 Å². The van der Waals surface area contributed by atoms with Gasteiger partial charge in [0, 0.05) is 30.0 Å². The number of ether oxygens (including phenoxy) is 2. The Labute approximate surface area is 238 Å². The number of hydrogen-bond acceptors (Lipinski definition) is 7. The molecule has 0 heterocycles. The number of nitro groups is 1. The summed E-state index contributed by atoms with van der Waals surface area (Å²) in [6.07, 6.45) is 5.65. The molecule has 0 radical (unpaired) electrons. The van der Waals surface area contributed by atoms with Crippen LogP contribution in [0.2, 0.25) is 0 Å². The van der Waals surface area contributed by atoms with Gasteiger partial charge in [-0.15, -0.1) is 0 Å². The first-order chi connectivity index (χ1) is 19.7. The molecule has 0 saturated heterocycles. The molecule has 0 aromatic heterocycles. The van der Waals surface area contributed by atoms with E-state index in [1.54, 1.807) is 36.4 Å². The van der Waals surface area contributed by atoms with Gasteiger partial charge in [0.2, 0.25) is 0 Å². The van der Waals surface area contributed by atoms with E-state index < -0.39 is 10.7 Å². The highest BCUT2D eigenvalue weighted by Crippen LogP contribution is 2.62. The molecule has 3 aliphatic rings. The Balaban J connectivity index is 1.29. The van der Waals surface area contributed by atoms with E-state index in [1.807, 2.05) is 6.07 Å². The lowest BCUT2D eigenvalue weighted by molar-refractivity contribution is -0.384. The lowest BCUT2D eigenvalue weighted by atomic mass is 9.55. The van der Waals surface area contributed by atoms with Gasteiger partial charge in [-0.05, 0) is 85.6 Å². The molecule has 2 fully saturated rings. The van der Waals surface area contributed by atoms with Crippen LogP contribution in [0.15, 0.2) is 60.7 Å². The Morgan fingerprint density at radius 3 is 2.51 bits per heavy atom. The predicted molar refractivity (Wildman–Crippen MR) is 151 cm³/mol. The lowest BCUT2D eigenvalue weighted by Gasteiger charge is -2.50. The summed E-state index contributed by atoms with van der Waals surface area (Å²) in [6, 6.07) is 16.1. The van der Waals surface area contributed by atoms with Crippen LogP contribution in [0.5, 0.6) is 17.2 Å². The molecular formula is C33H33NO7. The van der Waals surface area contributed by atoms with E-state index in [0.29, 0.717) is 23.3 Å². The molecule has 0 aliphatic heterocycles. The van der Waals surface area contributed by atoms with E-state index in [-0.39, 0.29) is 46.0 Å². The number of carbonyl (C=O) groups excluding carboxylic acids is 2. The van der Waals surface area contributed by atoms with Gasteiger partial charge in [0.15, 0.2) is 17.3 Å². The molecule has 6 rings (SSSR count). The Hall–Kier alpha value is -4.20. The van der Waals surface area contributed by atoms with Crippen LogP contribution in [-0.4, -0.2) is 27.9 Å². The first kappa shape index (κ1) is 27.0. The molecule has 3 aromatic carbocycles. The Morgan fingerprint density at radius 2 is 1.78 bits per heavy atom. The van der Waals surface area contributed by atoms with Crippen molar-refractivity contribution in [2.75, 3.05) is 0 Å². The maximum absolute atomic E-state index is 13.3. The zero-order valence-electron chi connectivity index (χ0n) is 23.2. The number of fused-ring (bicyclic) bond motifs is 5. The summed E-state index contributed by atoms with van der Waals surface area (Å²) in [4.78, 5) is 36.0. The second-order valence-electron chi connectivity index (χ2n) is 11.9. The van der Waals surface area contributed by atoms with Crippen LogP contribution in [0.1, 0.15) is 78.9 Å². The fraction of sp³-hybridized carbons (Fsp3) is 0.394. The fourth-order valence-electron chi connectivity index (χ4n) is 7.78. The number of rotatable bonds is 6. The average molecular weight is 556 g/mol. The molecule has 3 aliphatic carbocycles. The van der Waals surface area contributed by atoms with Gasteiger partial charge in [0.1, 0.15) is 11.9 Å². The number of non-ortho nitro benzene ring substituents is 1. The number of nitrogens with zero attached hydrogens (tertiary/aromatic N) is 1. The molecule has 1 N–H and O–H groups in total. The highest BCUT2D eigenvalue weighted by Gasteiger charge is 2.56. The van der Waals surface area contributed by atoms with Gasteiger partial charge in [0.05, 0.1) is 10.5 Å². The zero-order valence-corrected chi connectivity index (χ0v) is 23.2. The van der Waals surface area contributed by atoms with Gasteiger partial charge in [-0.3, -0.25) is 19.7 Å². The SMILES string of the molecule is CC(=O)O[C@@H]1CC[C@@H]2[C@@H]3CCc4cc(Oc5ccc([N+](=O)[O-])cc5C(=O)c5ccccc5)c(O)cc4[C@@H]3CC[C@]21C. The van der Waals surface area contributed by atoms with Crippen molar-refractivity contribution >= 4 is 17.4 Å². The number of phenols is 1. The second kappa shape index (κ2) is 10.3. The minimum atomic E-state index is -0.549. The molecule has 2 saturated carbocycles. The van der Waals surface area contributed by atoms with Gasteiger partial charge in [-0.1, -0.05) is 37.3 Å². The molecule has 8 heteroatoms. The largest absolute Gasteiger partial charge is 0.504 e. The summed E-state index contributed by atoms with van der Waals surface area (Å²) in [7, 11) is 0. The summed E-state index contributed by atoms with van der Waals surface area (Å²) < 4.78 is 11.9. The van der Waals surface area contributed by atoms with Crippen molar-refractivity contribution in [1.82, 2.24) is 0 Å². The third kappa shape index (κ3) is 4.75. The van der Waals surface area contributed by atoms with Crippen LogP contribution in [0, 0.1) is 27.4 Å². The Bertz CT molecular complexity index is 1530. The monoisotopic (exact) mass is 555 g/mol. The predicted octanol–water partition coefficient (Wildman–Crippen LogP) is 7.11. The second-order valence-corrected chi connectivity index (χ2v) is 11.9. The Morgan fingerprint density at radius 1 is 1.00 bits per heavy atom. The summed E-state index contributed by atoms with van der Waals surface area (Å²) in [6.45, 7) is 3.76. The molecule has 5 atom stereocenters. The van der Waals surface area contributed by atoms with E-state index in [0.717, 1.165) is 49.7 Å². The third-order valence-electron chi connectivity index (χ3n) is 9.70. The lowest BCUT2D eigenvalue weighted by Crippen LogP contribution is -2.45. The first-order valence-corrected chi connectivity index (χ1v) is 14.2. The van der Waals surface area contributed by atoms with Gasteiger partial charge >= 0.3 is 5.97 Å². The highest BCUT2D eigenvalue weighted by molar-refractivity contribution is 6.11. The number of nitro benzene ring substituents is 1. The van der Waals surface area contributed by atoms with Crippen LogP contribution in [0.25, 0.3) is 0 Å². The van der Waals surface area contributed by atoms with Crippen LogP contribution < -0.4 is 4.74 Å². The summed E-state index contributed by atoms with van der Waals surface area (Å²) in [5.41, 5.74) is 2.43. The maximum Gasteiger partial charge on any atom is 0.302 e.